The molecular formula is C9H8O3Se. The van der Waals surface area contributed by atoms with Gasteiger partial charge in [0.1, 0.15) is 0 Å². The maximum absolute atomic E-state index is 11.2. The molecule has 1 aliphatic rings. The molecule has 13 heavy (non-hydrogen) atoms. The van der Waals surface area contributed by atoms with Crippen LogP contribution in [0.4, 0.5) is 0 Å². The van der Waals surface area contributed by atoms with Crippen molar-refractivity contribution in [3.05, 3.63) is 34.9 Å². The summed E-state index contributed by atoms with van der Waals surface area (Å²) in [5.41, 5.74) is 2.31. The zero-order chi connectivity index (χ0) is 9.42. The average molecular weight is 243 g/mol. The molecule has 1 aromatic carbocycles. The normalized spacial score (nSPS) is 19.8. The van der Waals surface area contributed by atoms with Crippen molar-refractivity contribution in [2.24, 2.45) is 0 Å². The van der Waals surface area contributed by atoms with Crippen LogP contribution in [0.5, 0.6) is 0 Å². The third kappa shape index (κ3) is 1.55. The Morgan fingerprint density at radius 1 is 1.31 bits per heavy atom. The molecule has 0 radical (unpaired) electrons. The van der Waals surface area contributed by atoms with Crippen molar-refractivity contribution in [2.75, 3.05) is 0 Å². The number of hydrogen-bond donors (Lipinski definition) is 1. The fraction of sp³-hybridized carbons (Fsp3) is 0.222. The molecule has 1 heterocycles. The van der Waals surface area contributed by atoms with E-state index in [4.69, 9.17) is 5.11 Å². The summed E-state index contributed by atoms with van der Waals surface area (Å²) in [6.45, 7) is 0. The number of benzene rings is 1. The second-order valence-electron chi connectivity index (χ2n) is 3.02. The van der Waals surface area contributed by atoms with Gasteiger partial charge < -0.3 is 0 Å². The van der Waals surface area contributed by atoms with Gasteiger partial charge in [-0.15, -0.1) is 0 Å². The molecule has 1 unspecified atom stereocenters. The standard InChI is InChI=1S/C9H8O3Se/c10-9(11)6-1-2-7-4-13(12)5-8(7)3-6/h1-3H,4-5H2,(H,10,11). The van der Waals surface area contributed by atoms with Gasteiger partial charge in [-0.1, -0.05) is 0 Å². The maximum atomic E-state index is 11.2. The summed E-state index contributed by atoms with van der Waals surface area (Å²) in [7, 11) is 0. The van der Waals surface area contributed by atoms with Crippen molar-refractivity contribution in [1.29, 1.82) is 0 Å². The van der Waals surface area contributed by atoms with Crippen LogP contribution >= 0.6 is 0 Å². The number of fused-ring (bicyclic) bond motifs is 1. The molecule has 1 aliphatic heterocycles. The Morgan fingerprint density at radius 2 is 2.00 bits per heavy atom. The fourth-order valence-corrected chi connectivity index (χ4v) is 4.26. The van der Waals surface area contributed by atoms with E-state index in [1.807, 2.05) is 0 Å². The molecule has 0 saturated heterocycles. The molecular weight excluding hydrogens is 235 g/mol. The van der Waals surface area contributed by atoms with E-state index in [9.17, 15) is 8.63 Å². The summed E-state index contributed by atoms with van der Waals surface area (Å²) in [4.78, 5) is 10.6. The first-order chi connectivity index (χ1) is 6.16. The Balaban J connectivity index is 2.45. The zero-order valence-electron chi connectivity index (χ0n) is 6.82. The molecule has 0 saturated carbocycles. The molecule has 1 atom stereocenters. The molecule has 0 amide bonds. The molecule has 0 aromatic heterocycles. The van der Waals surface area contributed by atoms with Gasteiger partial charge in [-0.2, -0.15) is 0 Å². The Hall–Kier alpha value is -0.991. The molecule has 1 N–H and O–H groups in total. The fourth-order valence-electron chi connectivity index (χ4n) is 1.43. The van der Waals surface area contributed by atoms with Gasteiger partial charge in [0.2, 0.25) is 0 Å². The van der Waals surface area contributed by atoms with Crippen molar-refractivity contribution in [2.45, 2.75) is 10.6 Å². The minimum atomic E-state index is -1.71. The van der Waals surface area contributed by atoms with E-state index in [0.717, 1.165) is 11.1 Å². The van der Waals surface area contributed by atoms with Crippen molar-refractivity contribution < 1.29 is 13.7 Å². The van der Waals surface area contributed by atoms with Crippen LogP contribution in [-0.4, -0.2) is 24.9 Å². The van der Waals surface area contributed by atoms with E-state index in [1.54, 1.807) is 18.2 Å². The molecule has 0 spiro atoms. The average Bonchev–Trinajstić information content (AvgIpc) is 2.42. The van der Waals surface area contributed by atoms with Crippen molar-refractivity contribution >= 4 is 19.8 Å². The Bertz CT molecular complexity index is 398. The molecule has 0 bridgehead atoms. The first-order valence-corrected chi connectivity index (χ1v) is 6.99. The Morgan fingerprint density at radius 3 is 2.69 bits per heavy atom. The van der Waals surface area contributed by atoms with E-state index < -0.39 is 19.8 Å². The summed E-state index contributed by atoms with van der Waals surface area (Å²) in [5.74, 6) is -0.919. The van der Waals surface area contributed by atoms with Gasteiger partial charge in [-0.25, -0.2) is 0 Å². The number of carbonyl (C=O) groups is 1. The first-order valence-electron chi connectivity index (χ1n) is 3.87. The van der Waals surface area contributed by atoms with Crippen LogP contribution in [0.3, 0.4) is 0 Å². The minimum absolute atomic E-state index is 0.291. The number of carboxylic acids is 1. The van der Waals surface area contributed by atoms with Gasteiger partial charge in [-0.3, -0.25) is 0 Å². The SMILES string of the molecule is O=C(O)c1ccc2c(c1)C[Se](=O)C2. The van der Waals surface area contributed by atoms with Crippen LogP contribution < -0.4 is 0 Å². The molecule has 0 aliphatic carbocycles. The predicted molar refractivity (Wildman–Crippen MR) is 47.2 cm³/mol. The summed E-state index contributed by atoms with van der Waals surface area (Å²) in [5, 5.41) is 9.97. The van der Waals surface area contributed by atoms with Crippen LogP contribution in [0.1, 0.15) is 21.5 Å². The number of carboxylic acid groups (broad SMARTS) is 1. The van der Waals surface area contributed by atoms with Crippen molar-refractivity contribution in [3.63, 3.8) is 0 Å². The third-order valence-electron chi connectivity index (χ3n) is 2.09. The summed E-state index contributed by atoms with van der Waals surface area (Å²) >= 11 is -1.71. The number of aromatic carboxylic acids is 1. The second-order valence-corrected chi connectivity index (χ2v) is 6.07. The van der Waals surface area contributed by atoms with Gasteiger partial charge in [0.25, 0.3) is 0 Å². The van der Waals surface area contributed by atoms with E-state index in [1.165, 1.54) is 0 Å². The van der Waals surface area contributed by atoms with Gasteiger partial charge in [0.15, 0.2) is 0 Å². The quantitative estimate of drug-likeness (QED) is 0.748. The van der Waals surface area contributed by atoms with Crippen LogP contribution in [0.15, 0.2) is 18.2 Å². The predicted octanol–water partition coefficient (Wildman–Crippen LogP) is 0.984. The molecule has 68 valence electrons. The monoisotopic (exact) mass is 244 g/mol. The van der Waals surface area contributed by atoms with Gasteiger partial charge in [0, 0.05) is 0 Å². The van der Waals surface area contributed by atoms with E-state index >= 15 is 0 Å². The van der Waals surface area contributed by atoms with Crippen LogP contribution in [0.25, 0.3) is 0 Å². The second kappa shape index (κ2) is 3.05. The van der Waals surface area contributed by atoms with Gasteiger partial charge >= 0.3 is 79.1 Å². The topological polar surface area (TPSA) is 54.4 Å². The summed E-state index contributed by atoms with van der Waals surface area (Å²) in [6, 6.07) is 4.99. The zero-order valence-corrected chi connectivity index (χ0v) is 8.53. The van der Waals surface area contributed by atoms with Crippen molar-refractivity contribution in [3.8, 4) is 0 Å². The van der Waals surface area contributed by atoms with Crippen LogP contribution in [-0.2, 0) is 14.5 Å². The number of rotatable bonds is 1. The molecule has 2 rings (SSSR count). The van der Waals surface area contributed by atoms with Crippen molar-refractivity contribution in [1.82, 2.24) is 0 Å². The Kier molecular flexibility index (Phi) is 2.02. The van der Waals surface area contributed by atoms with Crippen LogP contribution in [0, 0.1) is 0 Å². The van der Waals surface area contributed by atoms with E-state index in [2.05, 4.69) is 0 Å². The van der Waals surface area contributed by atoms with Gasteiger partial charge in [0.05, 0.1) is 0 Å². The molecule has 0 fully saturated rings. The van der Waals surface area contributed by atoms with E-state index in [-0.39, 0.29) is 0 Å². The first kappa shape index (κ1) is 8.60. The molecule has 1 aromatic rings. The third-order valence-corrected chi connectivity index (χ3v) is 4.74. The van der Waals surface area contributed by atoms with E-state index in [0.29, 0.717) is 16.2 Å². The Labute approximate surface area is 79.5 Å². The van der Waals surface area contributed by atoms with Crippen LogP contribution in [0.2, 0.25) is 0 Å². The summed E-state index contributed by atoms with van der Waals surface area (Å²) < 4.78 is 11.2. The molecule has 4 heteroatoms. The van der Waals surface area contributed by atoms with Gasteiger partial charge in [-0.05, 0) is 0 Å². The number of hydrogen-bond acceptors (Lipinski definition) is 2. The summed E-state index contributed by atoms with van der Waals surface area (Å²) in [6.07, 6.45) is 0. The molecule has 3 nitrogen and oxygen atoms in total.